The van der Waals surface area contributed by atoms with Gasteiger partial charge < -0.3 is 25.4 Å². The summed E-state index contributed by atoms with van der Waals surface area (Å²) in [6.45, 7) is 3.32. The normalized spacial score (nSPS) is 20.6. The first-order valence-electron chi connectivity index (χ1n) is 21.8. The Kier molecular flexibility index (Phi) is 12.0. The zero-order valence-electron chi connectivity index (χ0n) is 35.4. The van der Waals surface area contributed by atoms with Crippen LogP contribution in [0.25, 0.3) is 11.1 Å². The van der Waals surface area contributed by atoms with Crippen LogP contribution < -0.4 is 20.7 Å². The smallest absolute Gasteiger partial charge is 0.255 e. The maximum Gasteiger partial charge on any atom is 0.255 e. The molecular formula is C47H50N8O8S. The molecule has 1 aromatic heterocycles. The minimum Gasteiger partial charge on any atom is -0.493 e. The van der Waals surface area contributed by atoms with Gasteiger partial charge in [0.1, 0.15) is 11.8 Å². The molecule has 4 atom stereocenters. The van der Waals surface area contributed by atoms with Crippen LogP contribution in [-0.2, 0) is 43.9 Å². The second kappa shape index (κ2) is 18.0. The molecule has 0 spiro atoms. The fourth-order valence-corrected chi connectivity index (χ4v) is 11.1. The number of sulfonamides is 1. The van der Waals surface area contributed by atoms with Gasteiger partial charge in [-0.05, 0) is 97.8 Å². The average Bonchev–Trinajstić information content (AvgIpc) is 4.03. The molecule has 2 fully saturated rings. The predicted octanol–water partition coefficient (Wildman–Crippen LogP) is 4.98. The third kappa shape index (κ3) is 8.62. The van der Waals surface area contributed by atoms with Gasteiger partial charge in [-0.25, -0.2) is 8.42 Å². The molecule has 4 N–H and O–H groups in total. The molecule has 0 saturated carbocycles. The van der Waals surface area contributed by atoms with Crippen molar-refractivity contribution in [1.82, 2.24) is 29.5 Å². The lowest BCUT2D eigenvalue weighted by atomic mass is 9.82. The Morgan fingerprint density at radius 3 is 2.59 bits per heavy atom. The number of nitrogens with zero attached hydrogens (tertiary/aromatic N) is 5. The van der Waals surface area contributed by atoms with E-state index in [9.17, 15) is 32.7 Å². The summed E-state index contributed by atoms with van der Waals surface area (Å²) in [5, 5.41) is 27.6. The number of ether oxygens (including phenoxy) is 1. The number of hydrogen-bond acceptors (Lipinski definition) is 11. The van der Waals surface area contributed by atoms with E-state index < -0.39 is 28.0 Å². The Hall–Kier alpha value is -6.43. The molecule has 0 radical (unpaired) electrons. The van der Waals surface area contributed by atoms with Gasteiger partial charge in [0.25, 0.3) is 5.91 Å². The number of anilines is 2. The van der Waals surface area contributed by atoms with Crippen molar-refractivity contribution in [3.8, 4) is 16.9 Å². The fourth-order valence-electron chi connectivity index (χ4n) is 9.41. The molecule has 4 aliphatic rings. The number of rotatable bonds is 15. The SMILES string of the molecule is Cc1ccc(S(=O)(=O)N2CC[C@@H]3[C@H](CO)Nc4ccc(-c5cccc(NC(=O)CCCc6cn(CCCOc7cccc8c7CN(C7CCC(=O)NC7=O)C8=O)nn6)c5)cc4[C@@H]32)cc1. The van der Waals surface area contributed by atoms with Crippen molar-refractivity contribution in [2.45, 2.75) is 88.0 Å². The lowest BCUT2D eigenvalue weighted by Gasteiger charge is -2.39. The minimum atomic E-state index is -3.81. The first-order valence-corrected chi connectivity index (χ1v) is 23.2. The van der Waals surface area contributed by atoms with Crippen molar-refractivity contribution in [1.29, 1.82) is 0 Å². The molecule has 2 saturated heterocycles. The van der Waals surface area contributed by atoms with Crippen molar-refractivity contribution in [2.24, 2.45) is 5.92 Å². The van der Waals surface area contributed by atoms with Crippen molar-refractivity contribution in [2.75, 3.05) is 30.4 Å². The lowest BCUT2D eigenvalue weighted by Crippen LogP contribution is -2.52. The maximum absolute atomic E-state index is 14.0. The van der Waals surface area contributed by atoms with E-state index in [2.05, 4.69) is 26.3 Å². The number of piperidine rings is 1. The first-order chi connectivity index (χ1) is 31.0. The summed E-state index contributed by atoms with van der Waals surface area (Å²) in [4.78, 5) is 52.0. The average molecular weight is 887 g/mol. The van der Waals surface area contributed by atoms with Crippen LogP contribution in [0.3, 0.4) is 0 Å². The molecule has 9 rings (SSSR count). The summed E-state index contributed by atoms with van der Waals surface area (Å²) in [6.07, 6.45) is 5.01. The molecule has 16 nitrogen and oxygen atoms in total. The molecule has 17 heteroatoms. The molecule has 4 aromatic carbocycles. The second-order valence-corrected chi connectivity index (χ2v) is 18.8. The number of aryl methyl sites for hydroxylation is 3. The summed E-state index contributed by atoms with van der Waals surface area (Å²) in [5.41, 5.74) is 7.02. The minimum absolute atomic E-state index is 0.108. The van der Waals surface area contributed by atoms with Gasteiger partial charge in [0, 0.05) is 67.0 Å². The van der Waals surface area contributed by atoms with Crippen molar-refractivity contribution in [3.63, 3.8) is 0 Å². The Morgan fingerprint density at radius 1 is 0.969 bits per heavy atom. The lowest BCUT2D eigenvalue weighted by molar-refractivity contribution is -0.137. The molecule has 5 aromatic rings. The largest absolute Gasteiger partial charge is 0.493 e. The molecule has 64 heavy (non-hydrogen) atoms. The van der Waals surface area contributed by atoms with Crippen LogP contribution in [0.4, 0.5) is 11.4 Å². The number of fused-ring (bicyclic) bond motifs is 4. The van der Waals surface area contributed by atoms with Gasteiger partial charge in [-0.2, -0.15) is 4.31 Å². The summed E-state index contributed by atoms with van der Waals surface area (Å²) >= 11 is 0. The third-order valence-corrected chi connectivity index (χ3v) is 14.6. The van der Waals surface area contributed by atoms with Crippen LogP contribution in [0.1, 0.15) is 77.3 Å². The highest BCUT2D eigenvalue weighted by molar-refractivity contribution is 7.89. The van der Waals surface area contributed by atoms with E-state index in [4.69, 9.17) is 4.74 Å². The van der Waals surface area contributed by atoms with Crippen LogP contribution in [0.5, 0.6) is 5.75 Å². The Bertz CT molecular complexity index is 2720. The summed E-state index contributed by atoms with van der Waals surface area (Å²) < 4.78 is 37.4. The quantitative estimate of drug-likeness (QED) is 0.0815. The van der Waals surface area contributed by atoms with E-state index in [1.165, 1.54) is 4.90 Å². The molecule has 1 unspecified atom stereocenters. The molecule has 0 bridgehead atoms. The predicted molar refractivity (Wildman–Crippen MR) is 236 cm³/mol. The standard InChI is InChI=1S/C47H50N8O8S/c1-29-12-15-34(16-13-29)64(61,62)55-22-20-36-40(28-56)49-39-17-14-31(25-37(39)45(36)55)30-6-2-7-32(24-30)48-43(57)11-3-8-33-26-53(52-51-33)21-5-23-63-42-10-4-9-35-38(42)27-54(47(35)60)41-18-19-44(58)50-46(41)59/h2,4,6-7,9-10,12-17,24-26,36,40-41,45,49,56H,3,5,8,11,18-23,27-28H2,1H3,(H,48,57)(H,50,58,59)/t36-,40+,41?,45-/m1/s1. The van der Waals surface area contributed by atoms with Gasteiger partial charge in [0.2, 0.25) is 27.7 Å². The van der Waals surface area contributed by atoms with Crippen LogP contribution >= 0.6 is 0 Å². The number of aromatic nitrogens is 3. The number of carbonyl (C=O) groups is 4. The van der Waals surface area contributed by atoms with Crippen LogP contribution in [0.2, 0.25) is 0 Å². The molecule has 4 amide bonds. The Morgan fingerprint density at radius 2 is 1.78 bits per heavy atom. The first kappa shape index (κ1) is 42.9. The highest BCUT2D eigenvalue weighted by Gasteiger charge is 2.48. The number of amides is 4. The third-order valence-electron chi connectivity index (χ3n) is 12.7. The number of nitrogens with one attached hydrogen (secondary N) is 3. The number of imide groups is 1. The molecular weight excluding hydrogens is 837 g/mol. The van der Waals surface area contributed by atoms with E-state index in [0.29, 0.717) is 68.8 Å². The van der Waals surface area contributed by atoms with Crippen molar-refractivity contribution in [3.05, 3.63) is 119 Å². The van der Waals surface area contributed by atoms with Crippen molar-refractivity contribution < 1.29 is 37.4 Å². The number of carbonyl (C=O) groups excluding carboxylic acids is 4. The van der Waals surface area contributed by atoms with Crippen LogP contribution in [-0.4, -0.2) is 93.2 Å². The molecule has 5 heterocycles. The van der Waals surface area contributed by atoms with Gasteiger partial charge in [0.15, 0.2) is 0 Å². The van der Waals surface area contributed by atoms with Crippen LogP contribution in [0, 0.1) is 12.8 Å². The molecule has 332 valence electrons. The van der Waals surface area contributed by atoms with E-state index in [0.717, 1.165) is 39.2 Å². The van der Waals surface area contributed by atoms with E-state index in [-0.39, 0.29) is 60.6 Å². The summed E-state index contributed by atoms with van der Waals surface area (Å²) in [5.74, 6) is -0.685. The fraction of sp³-hybridized carbons (Fsp3) is 0.362. The second-order valence-electron chi connectivity index (χ2n) is 16.9. The zero-order valence-corrected chi connectivity index (χ0v) is 36.2. The number of aliphatic hydroxyl groups is 1. The number of benzene rings is 4. The van der Waals surface area contributed by atoms with Crippen molar-refractivity contribution >= 4 is 45.0 Å². The Balaban J connectivity index is 0.765. The van der Waals surface area contributed by atoms with Crippen LogP contribution in [0.15, 0.2) is 96.0 Å². The van der Waals surface area contributed by atoms with E-state index in [1.807, 2.05) is 61.7 Å². The molecule has 4 aliphatic heterocycles. The van der Waals surface area contributed by atoms with Gasteiger partial charge in [-0.3, -0.25) is 29.2 Å². The van der Waals surface area contributed by atoms with Gasteiger partial charge in [-0.15, -0.1) is 5.10 Å². The Labute approximate surface area is 371 Å². The van der Waals surface area contributed by atoms with Gasteiger partial charge in [0.05, 0.1) is 42.4 Å². The summed E-state index contributed by atoms with van der Waals surface area (Å²) in [6, 6.07) is 24.3. The number of aliphatic hydroxyl groups excluding tert-OH is 1. The zero-order chi connectivity index (χ0) is 44.5. The molecule has 0 aliphatic carbocycles. The maximum atomic E-state index is 14.0. The van der Waals surface area contributed by atoms with E-state index in [1.54, 1.807) is 45.4 Å². The summed E-state index contributed by atoms with van der Waals surface area (Å²) in [7, 11) is -3.81. The highest BCUT2D eigenvalue weighted by atomic mass is 32.2. The van der Waals surface area contributed by atoms with Gasteiger partial charge in [-0.1, -0.05) is 47.2 Å². The highest BCUT2D eigenvalue weighted by Crippen LogP contribution is 2.49. The topological polar surface area (TPSA) is 205 Å². The number of hydrogen-bond donors (Lipinski definition) is 4. The monoisotopic (exact) mass is 886 g/mol. The van der Waals surface area contributed by atoms with E-state index >= 15 is 0 Å². The van der Waals surface area contributed by atoms with Gasteiger partial charge >= 0.3 is 0 Å².